The summed E-state index contributed by atoms with van der Waals surface area (Å²) in [6.07, 6.45) is 4.45. The summed E-state index contributed by atoms with van der Waals surface area (Å²) in [7, 11) is 1.98. The van der Waals surface area contributed by atoms with Crippen LogP contribution in [0.5, 0.6) is 0 Å². The van der Waals surface area contributed by atoms with Crippen molar-refractivity contribution in [2.24, 2.45) is 24.8 Å². The van der Waals surface area contributed by atoms with Crippen molar-refractivity contribution in [2.45, 2.75) is 31.6 Å². The highest BCUT2D eigenvalue weighted by atomic mass is 16.1. The van der Waals surface area contributed by atoms with Gasteiger partial charge < -0.3 is 0 Å². The lowest BCUT2D eigenvalue weighted by atomic mass is 9.51. The van der Waals surface area contributed by atoms with Crippen LogP contribution in [0.15, 0.2) is 36.5 Å². The molecule has 122 valence electrons. The largest absolute Gasteiger partial charge is 0.298 e. The van der Waals surface area contributed by atoms with Gasteiger partial charge in [-0.3, -0.25) is 9.48 Å². The lowest BCUT2D eigenvalue weighted by Gasteiger charge is -2.51. The van der Waals surface area contributed by atoms with Crippen molar-refractivity contribution in [3.63, 3.8) is 0 Å². The number of nitriles is 1. The zero-order chi connectivity index (χ0) is 16.9. The van der Waals surface area contributed by atoms with Gasteiger partial charge in [0.15, 0.2) is 5.78 Å². The van der Waals surface area contributed by atoms with E-state index in [1.54, 1.807) is 0 Å². The first kappa shape index (κ1) is 15.1. The summed E-state index contributed by atoms with van der Waals surface area (Å²) in [4.78, 5) is 12.7. The second kappa shape index (κ2) is 5.31. The monoisotopic (exact) mass is 319 g/mol. The molecule has 0 amide bonds. The number of aryl methyl sites for hydroxylation is 2. The van der Waals surface area contributed by atoms with Crippen LogP contribution in [0.25, 0.3) is 0 Å². The fourth-order valence-corrected chi connectivity index (χ4v) is 5.15. The van der Waals surface area contributed by atoms with E-state index in [1.165, 1.54) is 16.8 Å². The maximum Gasteiger partial charge on any atom is 0.153 e. The zero-order valence-electron chi connectivity index (χ0n) is 14.1. The summed E-state index contributed by atoms with van der Waals surface area (Å²) in [6.45, 7) is 2.01. The van der Waals surface area contributed by atoms with Crippen LogP contribution in [0.3, 0.4) is 0 Å². The number of aromatic nitrogens is 2. The molecule has 0 N–H and O–H groups in total. The van der Waals surface area contributed by atoms with E-state index in [9.17, 15) is 10.1 Å². The average Bonchev–Trinajstić information content (AvgIpc) is 3.00. The van der Waals surface area contributed by atoms with E-state index in [0.29, 0.717) is 6.42 Å². The highest BCUT2D eigenvalue weighted by Crippen LogP contribution is 2.55. The van der Waals surface area contributed by atoms with Crippen molar-refractivity contribution in [1.82, 2.24) is 9.78 Å². The molecule has 2 aliphatic rings. The molecular weight excluding hydrogens is 298 g/mol. The van der Waals surface area contributed by atoms with Gasteiger partial charge in [-0.1, -0.05) is 37.3 Å². The van der Waals surface area contributed by atoms with Gasteiger partial charge >= 0.3 is 0 Å². The normalized spacial score (nSPS) is 31.9. The van der Waals surface area contributed by atoms with Gasteiger partial charge in [-0.05, 0) is 36.3 Å². The average molecular weight is 319 g/mol. The van der Waals surface area contributed by atoms with E-state index in [2.05, 4.69) is 23.3 Å². The Bertz CT molecular complexity index is 832. The number of benzene rings is 1. The Kier molecular flexibility index (Phi) is 3.35. The third-order valence-corrected chi connectivity index (χ3v) is 6.16. The van der Waals surface area contributed by atoms with Crippen LogP contribution < -0.4 is 0 Å². The molecule has 0 spiro atoms. The summed E-state index contributed by atoms with van der Waals surface area (Å²) in [5, 5.41) is 14.1. The van der Waals surface area contributed by atoms with Crippen molar-refractivity contribution in [1.29, 1.82) is 5.26 Å². The quantitative estimate of drug-likeness (QED) is 0.812. The number of Topliss-reactive ketones (excluding diaryl/α,β-unsaturated/α-hetero) is 1. The maximum atomic E-state index is 12.7. The van der Waals surface area contributed by atoms with E-state index in [1.807, 2.05) is 43.0 Å². The van der Waals surface area contributed by atoms with E-state index in [4.69, 9.17) is 0 Å². The van der Waals surface area contributed by atoms with Gasteiger partial charge in [0.2, 0.25) is 0 Å². The zero-order valence-corrected chi connectivity index (χ0v) is 14.1. The first-order valence-electron chi connectivity index (χ1n) is 8.60. The summed E-state index contributed by atoms with van der Waals surface area (Å²) in [5.74, 6) is -0.316. The minimum atomic E-state index is -0.544. The van der Waals surface area contributed by atoms with E-state index in [0.717, 1.165) is 12.8 Å². The Labute approximate surface area is 142 Å². The molecule has 1 aromatic heterocycles. The Morgan fingerprint density at radius 1 is 1.33 bits per heavy atom. The van der Waals surface area contributed by atoms with Crippen molar-refractivity contribution < 1.29 is 4.79 Å². The van der Waals surface area contributed by atoms with Crippen molar-refractivity contribution >= 4 is 5.78 Å². The van der Waals surface area contributed by atoms with Crippen LogP contribution >= 0.6 is 0 Å². The fraction of sp³-hybridized carbons (Fsp3) is 0.450. The molecule has 1 unspecified atom stereocenters. The van der Waals surface area contributed by atoms with Gasteiger partial charge in [0.1, 0.15) is 5.92 Å². The fourth-order valence-electron chi connectivity index (χ4n) is 5.15. The predicted molar refractivity (Wildman–Crippen MR) is 90.1 cm³/mol. The molecule has 4 rings (SSSR count). The van der Waals surface area contributed by atoms with Crippen LogP contribution in [0.4, 0.5) is 0 Å². The number of carbonyl (C=O) groups excluding carboxylic acids is 1. The van der Waals surface area contributed by atoms with Gasteiger partial charge in [-0.2, -0.15) is 10.4 Å². The molecule has 2 aromatic rings. The molecule has 1 saturated carbocycles. The number of carbonyl (C=O) groups is 1. The van der Waals surface area contributed by atoms with Crippen LogP contribution in [-0.2, 0) is 23.7 Å². The van der Waals surface area contributed by atoms with Crippen LogP contribution in [0, 0.1) is 29.1 Å². The molecule has 4 nitrogen and oxygen atoms in total. The van der Waals surface area contributed by atoms with Crippen molar-refractivity contribution in [3.05, 3.63) is 53.3 Å². The third kappa shape index (κ3) is 1.84. The first-order valence-corrected chi connectivity index (χ1v) is 8.60. The number of nitrogens with zero attached hydrogens (tertiary/aromatic N) is 3. The Morgan fingerprint density at radius 3 is 2.79 bits per heavy atom. The van der Waals surface area contributed by atoms with Gasteiger partial charge in [0, 0.05) is 18.4 Å². The van der Waals surface area contributed by atoms with Gasteiger partial charge in [-0.25, -0.2) is 0 Å². The van der Waals surface area contributed by atoms with Gasteiger partial charge in [-0.15, -0.1) is 0 Å². The molecule has 1 fully saturated rings. The van der Waals surface area contributed by atoms with Gasteiger partial charge in [0.05, 0.1) is 18.0 Å². The van der Waals surface area contributed by atoms with Gasteiger partial charge in [0.25, 0.3) is 0 Å². The predicted octanol–water partition coefficient (Wildman–Crippen LogP) is 3.02. The summed E-state index contributed by atoms with van der Waals surface area (Å²) in [6, 6.07) is 12.7. The Balaban J connectivity index is 2.02. The Hall–Kier alpha value is -2.41. The summed E-state index contributed by atoms with van der Waals surface area (Å²) >= 11 is 0. The highest BCUT2D eigenvalue weighted by Gasteiger charge is 2.56. The first-order chi connectivity index (χ1) is 11.6. The molecule has 4 heteroatoms. The topological polar surface area (TPSA) is 58.7 Å². The lowest BCUT2D eigenvalue weighted by molar-refractivity contribution is -0.131. The van der Waals surface area contributed by atoms with E-state index in [-0.39, 0.29) is 23.0 Å². The maximum absolute atomic E-state index is 12.7. The van der Waals surface area contributed by atoms with Crippen LogP contribution in [0.2, 0.25) is 0 Å². The SMILES string of the molecule is C[C@@H]1C(=O)C(C#N)C[C@]2(c3ccccc3)c3c(cnn3C)CC[C@@H]12. The number of hydrogen-bond donors (Lipinski definition) is 0. The molecule has 0 bridgehead atoms. The molecule has 1 heterocycles. The molecule has 4 atom stereocenters. The minimum Gasteiger partial charge on any atom is -0.298 e. The lowest BCUT2D eigenvalue weighted by Crippen LogP contribution is -2.53. The smallest absolute Gasteiger partial charge is 0.153 e. The number of rotatable bonds is 1. The van der Waals surface area contributed by atoms with Crippen LogP contribution in [-0.4, -0.2) is 15.6 Å². The molecule has 2 aliphatic carbocycles. The molecular formula is C20H21N3O. The Morgan fingerprint density at radius 2 is 2.08 bits per heavy atom. The molecule has 24 heavy (non-hydrogen) atoms. The van der Waals surface area contributed by atoms with E-state index >= 15 is 0 Å². The second-order valence-corrected chi connectivity index (χ2v) is 7.20. The summed E-state index contributed by atoms with van der Waals surface area (Å²) < 4.78 is 1.96. The number of hydrogen-bond acceptors (Lipinski definition) is 3. The standard InChI is InChI=1S/C20H21N3O/c1-13-17-9-8-14-12-22-23(2)19(14)20(17,10-15(11-21)18(13)24)16-6-4-3-5-7-16/h3-7,12-13,15,17H,8-10H2,1-2H3/t13-,15?,17-,20+/m0/s1. The van der Waals surface area contributed by atoms with Crippen molar-refractivity contribution in [2.75, 3.05) is 0 Å². The number of ketones is 1. The number of fused-ring (bicyclic) bond motifs is 3. The minimum absolute atomic E-state index is 0.105. The second-order valence-electron chi connectivity index (χ2n) is 7.20. The van der Waals surface area contributed by atoms with Crippen LogP contribution in [0.1, 0.15) is 36.6 Å². The van der Waals surface area contributed by atoms with E-state index < -0.39 is 5.92 Å². The molecule has 0 aliphatic heterocycles. The van der Waals surface area contributed by atoms with Crippen molar-refractivity contribution in [3.8, 4) is 6.07 Å². The molecule has 1 aromatic carbocycles. The third-order valence-electron chi connectivity index (χ3n) is 6.16. The summed E-state index contributed by atoms with van der Waals surface area (Å²) in [5.41, 5.74) is 3.37. The molecule has 0 radical (unpaired) electrons. The highest BCUT2D eigenvalue weighted by molar-refractivity contribution is 5.87. The molecule has 0 saturated heterocycles.